The predicted octanol–water partition coefficient (Wildman–Crippen LogP) is 4.80. The summed E-state index contributed by atoms with van der Waals surface area (Å²) in [4.78, 5) is 25.9. The molecule has 10 nitrogen and oxygen atoms in total. The molecule has 2 N–H and O–H groups in total. The number of nitrogens with one attached hydrogen (secondary N) is 2. The van der Waals surface area contributed by atoms with E-state index in [0.717, 1.165) is 39.5 Å². The van der Waals surface area contributed by atoms with Gasteiger partial charge in [-0.25, -0.2) is 9.97 Å². The Morgan fingerprint density at radius 3 is 2.41 bits per heavy atom. The summed E-state index contributed by atoms with van der Waals surface area (Å²) in [6.07, 6.45) is 1.68. The number of methoxy groups -OCH3 is 3. The van der Waals surface area contributed by atoms with Crippen molar-refractivity contribution in [3.8, 4) is 23.0 Å². The molecule has 0 radical (unpaired) electrons. The number of aromatic nitrogens is 3. The molecule has 2 heterocycles. The van der Waals surface area contributed by atoms with Crippen LogP contribution in [0.15, 0.2) is 84.0 Å². The largest absolute Gasteiger partial charge is 0.480 e. The quantitative estimate of drug-likeness (QED) is 0.240. The molecule has 0 fully saturated rings. The highest BCUT2D eigenvalue weighted by Crippen LogP contribution is 2.32. The van der Waals surface area contributed by atoms with E-state index in [9.17, 15) is 4.79 Å². The van der Waals surface area contributed by atoms with Crippen molar-refractivity contribution in [3.63, 3.8) is 0 Å². The number of ether oxygens (including phenoxy) is 3. The van der Waals surface area contributed by atoms with Gasteiger partial charge in [0.2, 0.25) is 11.8 Å². The first-order valence-corrected chi connectivity index (χ1v) is 13.1. The van der Waals surface area contributed by atoms with Gasteiger partial charge in [0.05, 0.1) is 59.8 Å². The van der Waals surface area contributed by atoms with Gasteiger partial charge in [-0.15, -0.1) is 0 Å². The van der Waals surface area contributed by atoms with Crippen LogP contribution in [0.2, 0.25) is 0 Å². The molecular weight excluding hydrogens is 520 g/mol. The summed E-state index contributed by atoms with van der Waals surface area (Å²) in [5, 5.41) is 6.98. The van der Waals surface area contributed by atoms with Crippen molar-refractivity contribution in [2.45, 2.75) is 13.0 Å². The fraction of sp³-hybridized carbons (Fsp3) is 0.226. The summed E-state index contributed by atoms with van der Waals surface area (Å²) in [6, 6.07) is 23.2. The second-order valence-corrected chi connectivity index (χ2v) is 9.40. The Labute approximate surface area is 238 Å². The molecule has 2 aliphatic rings. The van der Waals surface area contributed by atoms with Crippen LogP contribution in [-0.4, -0.2) is 61.0 Å². The summed E-state index contributed by atoms with van der Waals surface area (Å²) >= 11 is 0. The monoisotopic (exact) mass is 552 g/mol. The van der Waals surface area contributed by atoms with Crippen molar-refractivity contribution in [1.29, 1.82) is 0 Å². The molecule has 0 saturated heterocycles. The normalized spacial score (nSPS) is 11.8. The number of carbonyl (C=O) groups excluding carboxylic acids is 1. The number of hydrogen-bond acceptors (Lipinski definition) is 8. The summed E-state index contributed by atoms with van der Waals surface area (Å²) in [6.45, 7) is 2.27. The molecule has 1 aliphatic heterocycles. The van der Waals surface area contributed by atoms with Gasteiger partial charge in [-0.1, -0.05) is 12.1 Å². The molecule has 3 aromatic rings. The number of anilines is 3. The van der Waals surface area contributed by atoms with Crippen LogP contribution in [0.25, 0.3) is 28.1 Å². The smallest absolute Gasteiger partial charge is 0.237 e. The lowest BCUT2D eigenvalue weighted by molar-refractivity contribution is -0.114. The van der Waals surface area contributed by atoms with Crippen LogP contribution in [0.1, 0.15) is 6.92 Å². The number of pyridine rings is 1. The van der Waals surface area contributed by atoms with Crippen LogP contribution in [0, 0.1) is 0 Å². The maximum Gasteiger partial charge on any atom is 0.237 e. The van der Waals surface area contributed by atoms with E-state index in [4.69, 9.17) is 24.2 Å². The minimum atomic E-state index is -0.238. The van der Waals surface area contributed by atoms with Crippen LogP contribution in [0.5, 0.6) is 5.88 Å². The second kappa shape index (κ2) is 12.6. The number of hydrogen-bond donors (Lipinski definition) is 2. The number of rotatable bonds is 10. The Hall–Kier alpha value is -4.80. The van der Waals surface area contributed by atoms with Gasteiger partial charge in [-0.3, -0.25) is 9.79 Å². The predicted molar refractivity (Wildman–Crippen MR) is 159 cm³/mol. The third-order valence-corrected chi connectivity index (χ3v) is 6.42. The van der Waals surface area contributed by atoms with E-state index >= 15 is 0 Å². The fourth-order valence-corrected chi connectivity index (χ4v) is 4.72. The Balaban J connectivity index is 1.77. The van der Waals surface area contributed by atoms with Gasteiger partial charge in [0.25, 0.3) is 0 Å². The number of fused-ring (bicyclic) bond motifs is 2. The standard InChI is InChI=1S/C31H32N6O4/c1-20(38)33-21-11-13-23(14-12-21)37-29-10-6-5-8-24(29)35-28-16-26(36-25-9-7-15-32-31(25)41-4)27(17-30(28)37)34-22(18-39-2)19-40-3/h5-17,22,36H,18-19H2,1-4H3,(H,33,38). The van der Waals surface area contributed by atoms with Gasteiger partial charge < -0.3 is 29.4 Å². The van der Waals surface area contributed by atoms with Gasteiger partial charge in [0.15, 0.2) is 0 Å². The summed E-state index contributed by atoms with van der Waals surface area (Å²) in [7, 11) is 4.87. The molecule has 0 spiro atoms. The lowest BCUT2D eigenvalue weighted by Gasteiger charge is -2.21. The van der Waals surface area contributed by atoms with Crippen LogP contribution < -0.4 is 20.7 Å². The number of nitrogens with zero attached hydrogens (tertiary/aromatic N) is 4. The fourth-order valence-electron chi connectivity index (χ4n) is 4.72. The first-order valence-electron chi connectivity index (χ1n) is 13.1. The summed E-state index contributed by atoms with van der Waals surface area (Å²) in [5.41, 5.74) is 6.43. The zero-order valence-corrected chi connectivity index (χ0v) is 23.4. The van der Waals surface area contributed by atoms with Gasteiger partial charge >= 0.3 is 0 Å². The van der Waals surface area contributed by atoms with Crippen molar-refractivity contribution in [2.24, 2.45) is 4.99 Å². The molecule has 0 unspecified atom stereocenters. The zero-order valence-electron chi connectivity index (χ0n) is 23.4. The number of carbonyl (C=O) groups is 1. The zero-order chi connectivity index (χ0) is 28.8. The van der Waals surface area contributed by atoms with Gasteiger partial charge in [0, 0.05) is 38.7 Å². The highest BCUT2D eigenvalue weighted by atomic mass is 16.5. The van der Waals surface area contributed by atoms with Crippen LogP contribution in [0.4, 0.5) is 17.1 Å². The Morgan fingerprint density at radius 1 is 0.951 bits per heavy atom. The van der Waals surface area contributed by atoms with Gasteiger partial charge in [-0.2, -0.15) is 0 Å². The Bertz CT molecular complexity index is 1690. The summed E-state index contributed by atoms with van der Waals surface area (Å²) in [5.74, 6) is 0.341. The summed E-state index contributed by atoms with van der Waals surface area (Å²) < 4.78 is 18.5. The van der Waals surface area contributed by atoms with Crippen molar-refractivity contribution in [3.05, 3.63) is 84.4 Å². The molecule has 0 saturated carbocycles. The first-order chi connectivity index (χ1) is 20.0. The van der Waals surface area contributed by atoms with E-state index in [1.807, 2.05) is 72.8 Å². The second-order valence-electron chi connectivity index (χ2n) is 9.40. The Morgan fingerprint density at radius 2 is 1.71 bits per heavy atom. The highest BCUT2D eigenvalue weighted by Gasteiger charge is 2.18. The van der Waals surface area contributed by atoms with Crippen LogP contribution >= 0.6 is 0 Å². The molecule has 41 heavy (non-hydrogen) atoms. The van der Waals surface area contributed by atoms with Crippen LogP contribution in [-0.2, 0) is 14.3 Å². The molecule has 0 atom stereocenters. The van der Waals surface area contributed by atoms with E-state index in [1.165, 1.54) is 6.92 Å². The molecule has 10 heteroatoms. The van der Waals surface area contributed by atoms with Gasteiger partial charge in [-0.05, 0) is 60.7 Å². The highest BCUT2D eigenvalue weighted by molar-refractivity contribution is 5.89. The third kappa shape index (κ3) is 6.19. The molecule has 2 aromatic carbocycles. The Kier molecular flexibility index (Phi) is 8.52. The average Bonchev–Trinajstić information content (AvgIpc) is 2.97. The van der Waals surface area contributed by atoms with Crippen LogP contribution in [0.3, 0.4) is 0 Å². The third-order valence-electron chi connectivity index (χ3n) is 6.42. The van der Waals surface area contributed by atoms with Crippen molar-refractivity contribution < 1.29 is 19.0 Å². The molecule has 5 rings (SSSR count). The molecule has 1 aromatic heterocycles. The lowest BCUT2D eigenvalue weighted by Crippen LogP contribution is -2.24. The van der Waals surface area contributed by atoms with E-state index in [-0.39, 0.29) is 11.9 Å². The minimum absolute atomic E-state index is 0.122. The number of benzene rings is 3. The lowest BCUT2D eigenvalue weighted by atomic mass is 10.1. The van der Waals surface area contributed by atoms with E-state index < -0.39 is 0 Å². The topological polar surface area (TPSA) is 112 Å². The van der Waals surface area contributed by atoms with Crippen molar-refractivity contribution >= 4 is 34.0 Å². The SMILES string of the molecule is COCC(COC)N=c1cc2n(-c3ccc(NC(C)=O)cc3)c3ccccc3nc-2cc1Nc1cccnc1OC. The molecule has 210 valence electrons. The number of amides is 1. The molecule has 1 aliphatic carbocycles. The van der Waals surface area contributed by atoms with Crippen molar-refractivity contribution in [2.75, 3.05) is 45.2 Å². The first kappa shape index (κ1) is 27.8. The van der Waals surface area contributed by atoms with Gasteiger partial charge in [0.1, 0.15) is 5.69 Å². The van der Waals surface area contributed by atoms with E-state index in [1.54, 1.807) is 27.5 Å². The minimum Gasteiger partial charge on any atom is -0.480 e. The average molecular weight is 553 g/mol. The number of para-hydroxylation sites is 2. The molecular formula is C31H32N6O4. The molecule has 1 amide bonds. The molecule has 0 bridgehead atoms. The maximum atomic E-state index is 11.6. The van der Waals surface area contributed by atoms with Crippen molar-refractivity contribution in [1.82, 2.24) is 14.5 Å². The van der Waals surface area contributed by atoms with E-state index in [0.29, 0.717) is 30.1 Å². The maximum absolute atomic E-state index is 11.6. The van der Waals surface area contributed by atoms with E-state index in [2.05, 4.69) is 20.2 Å².